The molecule has 0 aromatic heterocycles. The molecule has 0 bridgehead atoms. The molecule has 0 spiro atoms. The Morgan fingerprint density at radius 2 is 2.00 bits per heavy atom. The average molecular weight is 289 g/mol. The Morgan fingerprint density at radius 1 is 1.19 bits per heavy atom. The van der Waals surface area contributed by atoms with Crippen LogP contribution in [0.15, 0.2) is 30.3 Å². The van der Waals surface area contributed by atoms with Gasteiger partial charge in [0.1, 0.15) is 0 Å². The van der Waals surface area contributed by atoms with Crippen LogP contribution in [0.4, 0.5) is 25.8 Å². The van der Waals surface area contributed by atoms with E-state index in [1.165, 1.54) is 6.07 Å². The van der Waals surface area contributed by atoms with E-state index >= 15 is 0 Å². The summed E-state index contributed by atoms with van der Waals surface area (Å²) in [5.74, 6) is -1.83. The van der Waals surface area contributed by atoms with E-state index in [4.69, 9.17) is 5.73 Å². The minimum absolute atomic E-state index is 0.0674. The first-order chi connectivity index (χ1) is 10.0. The van der Waals surface area contributed by atoms with Gasteiger partial charge in [-0.15, -0.1) is 0 Å². The third-order valence-electron chi connectivity index (χ3n) is 3.37. The van der Waals surface area contributed by atoms with Crippen molar-refractivity contribution < 1.29 is 13.6 Å². The Bertz CT molecular complexity index is 731. The number of nitrogens with two attached hydrogens (primary N) is 1. The summed E-state index contributed by atoms with van der Waals surface area (Å²) in [6, 6.07) is 7.19. The summed E-state index contributed by atoms with van der Waals surface area (Å²) in [7, 11) is 0. The summed E-state index contributed by atoms with van der Waals surface area (Å²) >= 11 is 0. The molecule has 0 atom stereocenters. The summed E-state index contributed by atoms with van der Waals surface area (Å²) in [6.45, 7) is 0.300. The predicted octanol–water partition coefficient (Wildman–Crippen LogP) is 2.65. The van der Waals surface area contributed by atoms with E-state index in [0.29, 0.717) is 29.9 Å². The second-order valence-electron chi connectivity index (χ2n) is 4.92. The molecule has 2 aromatic rings. The standard InChI is InChI=1S/C15H13F2N3O/c16-10-2-1-8(3-11(10)17)7-19-14-6-13-9(4-12(14)18)5-15(21)20-13/h1-4,6,19H,5,7,18H2,(H,20,21). The SMILES string of the molecule is Nc1cc2c(cc1NCc1ccc(F)c(F)c1)NC(=O)C2. The van der Waals surface area contributed by atoms with Crippen LogP contribution in [-0.2, 0) is 17.8 Å². The number of halogens is 2. The van der Waals surface area contributed by atoms with Crippen LogP contribution in [-0.4, -0.2) is 5.91 Å². The first kappa shape index (κ1) is 13.4. The van der Waals surface area contributed by atoms with Gasteiger partial charge in [0, 0.05) is 12.2 Å². The van der Waals surface area contributed by atoms with Gasteiger partial charge in [-0.25, -0.2) is 8.78 Å². The normalized spacial score (nSPS) is 13.0. The van der Waals surface area contributed by atoms with E-state index < -0.39 is 11.6 Å². The number of hydrogen-bond acceptors (Lipinski definition) is 3. The number of carbonyl (C=O) groups excluding carboxylic acids is 1. The molecule has 0 unspecified atom stereocenters. The van der Waals surface area contributed by atoms with Gasteiger partial charge in [0.25, 0.3) is 0 Å². The van der Waals surface area contributed by atoms with Crippen LogP contribution in [0.2, 0.25) is 0 Å². The van der Waals surface area contributed by atoms with E-state index in [1.54, 1.807) is 12.1 Å². The second kappa shape index (κ2) is 5.05. The summed E-state index contributed by atoms with van der Waals surface area (Å²) in [6.07, 6.45) is 0.322. The fourth-order valence-corrected chi connectivity index (χ4v) is 2.29. The third kappa shape index (κ3) is 2.65. The minimum atomic E-state index is -0.886. The Hall–Kier alpha value is -2.63. The lowest BCUT2D eigenvalue weighted by Crippen LogP contribution is -2.05. The smallest absolute Gasteiger partial charge is 0.228 e. The number of carbonyl (C=O) groups is 1. The van der Waals surface area contributed by atoms with Gasteiger partial charge in [0.05, 0.1) is 17.8 Å². The highest BCUT2D eigenvalue weighted by atomic mass is 19.2. The largest absolute Gasteiger partial charge is 0.397 e. The molecule has 1 amide bonds. The van der Waals surface area contributed by atoms with Gasteiger partial charge in [-0.05, 0) is 35.4 Å². The Morgan fingerprint density at radius 3 is 2.76 bits per heavy atom. The fraction of sp³-hybridized carbons (Fsp3) is 0.133. The van der Waals surface area contributed by atoms with Gasteiger partial charge >= 0.3 is 0 Å². The highest BCUT2D eigenvalue weighted by Gasteiger charge is 2.19. The summed E-state index contributed by atoms with van der Waals surface area (Å²) in [4.78, 5) is 11.3. The van der Waals surface area contributed by atoms with Crippen molar-refractivity contribution in [3.8, 4) is 0 Å². The van der Waals surface area contributed by atoms with Crippen molar-refractivity contribution >= 4 is 23.0 Å². The quantitative estimate of drug-likeness (QED) is 0.761. The van der Waals surface area contributed by atoms with Gasteiger partial charge in [-0.3, -0.25) is 4.79 Å². The average Bonchev–Trinajstić information content (AvgIpc) is 2.79. The zero-order valence-corrected chi connectivity index (χ0v) is 11.0. The van der Waals surface area contributed by atoms with Crippen molar-refractivity contribution in [2.75, 3.05) is 16.4 Å². The van der Waals surface area contributed by atoms with Gasteiger partial charge in [0.15, 0.2) is 11.6 Å². The third-order valence-corrected chi connectivity index (χ3v) is 3.37. The van der Waals surface area contributed by atoms with Gasteiger partial charge < -0.3 is 16.4 Å². The molecular formula is C15H13F2N3O. The molecule has 3 rings (SSSR count). The van der Waals surface area contributed by atoms with Crippen molar-refractivity contribution in [1.29, 1.82) is 0 Å². The number of hydrogen-bond donors (Lipinski definition) is 3. The van der Waals surface area contributed by atoms with Crippen LogP contribution < -0.4 is 16.4 Å². The van der Waals surface area contributed by atoms with Gasteiger partial charge in [0.2, 0.25) is 5.91 Å². The number of amides is 1. The molecule has 0 radical (unpaired) electrons. The molecular weight excluding hydrogens is 276 g/mol. The Balaban J connectivity index is 1.78. The maximum Gasteiger partial charge on any atom is 0.228 e. The molecule has 4 N–H and O–H groups in total. The van der Waals surface area contributed by atoms with Crippen LogP contribution in [0.5, 0.6) is 0 Å². The maximum absolute atomic E-state index is 13.1. The molecule has 2 aromatic carbocycles. The van der Waals surface area contributed by atoms with Crippen molar-refractivity contribution in [2.45, 2.75) is 13.0 Å². The lowest BCUT2D eigenvalue weighted by molar-refractivity contribution is -0.115. The molecule has 1 aliphatic rings. The zero-order valence-electron chi connectivity index (χ0n) is 11.0. The zero-order chi connectivity index (χ0) is 15.0. The predicted molar refractivity (Wildman–Crippen MR) is 76.9 cm³/mol. The van der Waals surface area contributed by atoms with Crippen molar-refractivity contribution in [1.82, 2.24) is 0 Å². The number of anilines is 3. The molecule has 0 saturated carbocycles. The highest BCUT2D eigenvalue weighted by Crippen LogP contribution is 2.31. The number of benzene rings is 2. The van der Waals surface area contributed by atoms with E-state index in [1.807, 2.05) is 0 Å². The molecule has 0 fully saturated rings. The Labute approximate surface area is 120 Å². The number of nitrogens with one attached hydrogen (secondary N) is 2. The number of nitrogen functional groups attached to an aromatic ring is 1. The fourth-order valence-electron chi connectivity index (χ4n) is 2.29. The summed E-state index contributed by atoms with van der Waals surface area (Å²) in [5.41, 5.74) is 9.24. The molecule has 6 heteroatoms. The minimum Gasteiger partial charge on any atom is -0.397 e. The van der Waals surface area contributed by atoms with Crippen molar-refractivity contribution in [3.05, 3.63) is 53.1 Å². The second-order valence-corrected chi connectivity index (χ2v) is 4.92. The van der Waals surface area contributed by atoms with Crippen LogP contribution in [0.25, 0.3) is 0 Å². The summed E-state index contributed by atoms with van der Waals surface area (Å²) < 4.78 is 26.0. The first-order valence-corrected chi connectivity index (χ1v) is 6.43. The van der Waals surface area contributed by atoms with Gasteiger partial charge in [-0.2, -0.15) is 0 Å². The maximum atomic E-state index is 13.1. The van der Waals surface area contributed by atoms with E-state index in [-0.39, 0.29) is 5.91 Å². The molecule has 0 aliphatic carbocycles. The topological polar surface area (TPSA) is 67.2 Å². The first-order valence-electron chi connectivity index (χ1n) is 6.43. The van der Waals surface area contributed by atoms with E-state index in [9.17, 15) is 13.6 Å². The molecule has 4 nitrogen and oxygen atoms in total. The lowest BCUT2D eigenvalue weighted by atomic mass is 10.1. The van der Waals surface area contributed by atoms with Crippen molar-refractivity contribution in [2.24, 2.45) is 0 Å². The lowest BCUT2D eigenvalue weighted by Gasteiger charge is -2.11. The van der Waals surface area contributed by atoms with E-state index in [2.05, 4.69) is 10.6 Å². The molecule has 1 heterocycles. The highest BCUT2D eigenvalue weighted by molar-refractivity contribution is 6.00. The molecule has 0 saturated heterocycles. The van der Waals surface area contributed by atoms with E-state index in [0.717, 1.165) is 23.4 Å². The van der Waals surface area contributed by atoms with Gasteiger partial charge in [-0.1, -0.05) is 6.07 Å². The molecule has 1 aliphatic heterocycles. The van der Waals surface area contributed by atoms with Crippen LogP contribution in [0, 0.1) is 11.6 Å². The van der Waals surface area contributed by atoms with Crippen LogP contribution in [0.3, 0.4) is 0 Å². The molecule has 21 heavy (non-hydrogen) atoms. The number of rotatable bonds is 3. The van der Waals surface area contributed by atoms with Crippen LogP contribution in [0.1, 0.15) is 11.1 Å². The Kier molecular flexibility index (Phi) is 3.21. The molecule has 108 valence electrons. The van der Waals surface area contributed by atoms with Crippen molar-refractivity contribution in [3.63, 3.8) is 0 Å². The monoisotopic (exact) mass is 289 g/mol. The van der Waals surface area contributed by atoms with Crippen LogP contribution >= 0.6 is 0 Å². The number of fused-ring (bicyclic) bond motifs is 1. The summed E-state index contributed by atoms with van der Waals surface area (Å²) in [5, 5.41) is 5.79.